The molecule has 25 heavy (non-hydrogen) atoms. The van der Waals surface area contributed by atoms with Crippen molar-refractivity contribution in [2.75, 3.05) is 20.6 Å². The Morgan fingerprint density at radius 1 is 1.32 bits per heavy atom. The van der Waals surface area contributed by atoms with E-state index in [0.717, 1.165) is 41.7 Å². The van der Waals surface area contributed by atoms with Crippen LogP contribution < -0.4 is 5.32 Å². The summed E-state index contributed by atoms with van der Waals surface area (Å²) < 4.78 is 1.87. The van der Waals surface area contributed by atoms with E-state index in [2.05, 4.69) is 45.3 Å². The van der Waals surface area contributed by atoms with Crippen LogP contribution in [0.1, 0.15) is 36.7 Å². The lowest BCUT2D eigenvalue weighted by Gasteiger charge is -2.21. The van der Waals surface area contributed by atoms with Gasteiger partial charge >= 0.3 is 0 Å². The Balaban J connectivity index is 0.00000312. The third-order valence-electron chi connectivity index (χ3n) is 3.91. The number of hydrogen-bond donors (Lipinski definition) is 1. The van der Waals surface area contributed by atoms with Crippen molar-refractivity contribution in [3.63, 3.8) is 0 Å². The van der Waals surface area contributed by atoms with Gasteiger partial charge in [0.25, 0.3) is 0 Å². The fraction of sp³-hybridized carbons (Fsp3) is 0.500. The van der Waals surface area contributed by atoms with Crippen molar-refractivity contribution in [2.45, 2.75) is 40.2 Å². The summed E-state index contributed by atoms with van der Waals surface area (Å²) in [7, 11) is 3.88. The third kappa shape index (κ3) is 5.98. The van der Waals surface area contributed by atoms with Gasteiger partial charge in [-0.3, -0.25) is 4.99 Å². The van der Waals surface area contributed by atoms with E-state index in [-0.39, 0.29) is 24.0 Å². The number of nitrogens with one attached hydrogen (secondary N) is 1. The highest BCUT2D eigenvalue weighted by atomic mass is 127. The molecular formula is C18H29IN6. The number of pyridine rings is 1. The van der Waals surface area contributed by atoms with E-state index < -0.39 is 0 Å². The minimum Gasteiger partial charge on any atom is -0.352 e. The number of guanidine groups is 1. The molecule has 0 aliphatic carbocycles. The Morgan fingerprint density at radius 3 is 2.60 bits per heavy atom. The van der Waals surface area contributed by atoms with Crippen LogP contribution in [0.5, 0.6) is 0 Å². The maximum Gasteiger partial charge on any atom is 0.193 e. The van der Waals surface area contributed by atoms with E-state index in [0.29, 0.717) is 6.54 Å². The topological polar surface area (TPSA) is 58.3 Å². The number of aryl methyl sites for hydroxylation is 2. The number of aromatic nitrogens is 3. The van der Waals surface area contributed by atoms with Crippen molar-refractivity contribution < 1.29 is 0 Å². The zero-order valence-corrected chi connectivity index (χ0v) is 18.1. The Morgan fingerprint density at radius 2 is 2.08 bits per heavy atom. The van der Waals surface area contributed by atoms with Crippen LogP contribution in [0.15, 0.2) is 29.4 Å². The van der Waals surface area contributed by atoms with Crippen LogP contribution in [0.2, 0.25) is 0 Å². The van der Waals surface area contributed by atoms with E-state index in [1.54, 1.807) is 0 Å². The highest BCUT2D eigenvalue weighted by Gasteiger charge is 2.07. The van der Waals surface area contributed by atoms with Gasteiger partial charge in [-0.25, -0.2) is 9.67 Å². The highest BCUT2D eigenvalue weighted by molar-refractivity contribution is 14.0. The van der Waals surface area contributed by atoms with E-state index in [1.165, 1.54) is 6.42 Å². The van der Waals surface area contributed by atoms with Crippen molar-refractivity contribution in [1.82, 2.24) is 25.0 Å². The molecule has 0 fully saturated rings. The molecule has 6 nitrogen and oxygen atoms in total. The van der Waals surface area contributed by atoms with Crippen LogP contribution in [0.25, 0.3) is 5.82 Å². The van der Waals surface area contributed by atoms with E-state index >= 15 is 0 Å². The zero-order valence-electron chi connectivity index (χ0n) is 15.8. The first-order valence-corrected chi connectivity index (χ1v) is 8.45. The average molecular weight is 456 g/mol. The van der Waals surface area contributed by atoms with Crippen molar-refractivity contribution in [3.8, 4) is 5.82 Å². The van der Waals surface area contributed by atoms with Crippen LogP contribution in [0.3, 0.4) is 0 Å². The SMILES string of the molecule is CCCCN(C)C(=NC)NCc1ccc(-n2nc(C)cc2C)nc1.I. The van der Waals surface area contributed by atoms with Gasteiger partial charge in [0.05, 0.1) is 5.69 Å². The summed E-state index contributed by atoms with van der Waals surface area (Å²) in [5.74, 6) is 1.75. The summed E-state index contributed by atoms with van der Waals surface area (Å²) in [5.41, 5.74) is 3.20. The Hall–Kier alpha value is -1.64. The lowest BCUT2D eigenvalue weighted by molar-refractivity contribution is 0.464. The molecule has 0 spiro atoms. The molecule has 0 aromatic carbocycles. The van der Waals surface area contributed by atoms with Crippen LogP contribution >= 0.6 is 24.0 Å². The van der Waals surface area contributed by atoms with Crippen LogP contribution in [-0.2, 0) is 6.54 Å². The predicted molar refractivity (Wildman–Crippen MR) is 114 cm³/mol. The number of rotatable bonds is 6. The summed E-state index contributed by atoms with van der Waals surface area (Å²) in [5, 5.41) is 7.84. The second kappa shape index (κ2) is 10.4. The van der Waals surface area contributed by atoms with Crippen molar-refractivity contribution in [1.29, 1.82) is 0 Å². The number of nitrogens with zero attached hydrogens (tertiary/aromatic N) is 5. The molecule has 0 atom stereocenters. The van der Waals surface area contributed by atoms with Gasteiger partial charge in [-0.2, -0.15) is 5.10 Å². The second-order valence-electron chi connectivity index (χ2n) is 6.04. The van der Waals surface area contributed by atoms with Crippen LogP contribution in [0.4, 0.5) is 0 Å². The first-order chi connectivity index (χ1) is 11.5. The molecule has 1 N–H and O–H groups in total. The van der Waals surface area contributed by atoms with Crippen LogP contribution in [0, 0.1) is 13.8 Å². The molecule has 2 heterocycles. The summed E-state index contributed by atoms with van der Waals surface area (Å²) in [6, 6.07) is 6.12. The van der Waals surface area contributed by atoms with Gasteiger partial charge in [0.1, 0.15) is 0 Å². The van der Waals surface area contributed by atoms with Gasteiger partial charge in [0.15, 0.2) is 11.8 Å². The molecule has 7 heteroatoms. The normalized spacial score (nSPS) is 11.2. The second-order valence-corrected chi connectivity index (χ2v) is 6.04. The molecule has 0 saturated heterocycles. The van der Waals surface area contributed by atoms with Crippen molar-refractivity contribution in [3.05, 3.63) is 41.3 Å². The molecule has 0 radical (unpaired) electrons. The fourth-order valence-electron chi connectivity index (χ4n) is 2.57. The molecule has 0 saturated carbocycles. The minimum absolute atomic E-state index is 0. The minimum atomic E-state index is 0. The van der Waals surface area contributed by atoms with Gasteiger partial charge in [-0.05, 0) is 38.0 Å². The summed E-state index contributed by atoms with van der Waals surface area (Å²) in [6.45, 7) is 7.93. The molecule has 2 aromatic heterocycles. The number of aliphatic imine (C=N–C) groups is 1. The maximum atomic E-state index is 4.53. The molecule has 138 valence electrons. The molecule has 0 aliphatic heterocycles. The molecule has 0 aliphatic rings. The highest BCUT2D eigenvalue weighted by Crippen LogP contribution is 2.10. The molecule has 2 rings (SSSR count). The monoisotopic (exact) mass is 456 g/mol. The van der Waals surface area contributed by atoms with Crippen molar-refractivity contribution >= 4 is 29.9 Å². The first-order valence-electron chi connectivity index (χ1n) is 8.45. The molecular weight excluding hydrogens is 427 g/mol. The lowest BCUT2D eigenvalue weighted by atomic mass is 10.3. The van der Waals surface area contributed by atoms with Gasteiger partial charge in [-0.1, -0.05) is 19.4 Å². The van der Waals surface area contributed by atoms with E-state index in [9.17, 15) is 0 Å². The Bertz CT molecular complexity index is 677. The van der Waals surface area contributed by atoms with Gasteiger partial charge in [0.2, 0.25) is 0 Å². The first kappa shape index (κ1) is 21.4. The summed E-state index contributed by atoms with van der Waals surface area (Å²) in [6.07, 6.45) is 4.23. The largest absolute Gasteiger partial charge is 0.352 e. The number of halogens is 1. The standard InChI is InChI=1S/C18H28N6.HI/c1-6-7-10-23(5)18(19-4)21-13-16-8-9-17(20-12-16)24-15(3)11-14(2)22-24;/h8-9,11-12H,6-7,10,13H2,1-5H3,(H,19,21);1H. The summed E-state index contributed by atoms with van der Waals surface area (Å²) >= 11 is 0. The molecule has 0 bridgehead atoms. The zero-order chi connectivity index (χ0) is 17.5. The Labute approximate surface area is 167 Å². The van der Waals surface area contributed by atoms with Crippen molar-refractivity contribution in [2.24, 2.45) is 4.99 Å². The lowest BCUT2D eigenvalue weighted by Crippen LogP contribution is -2.38. The maximum absolute atomic E-state index is 4.53. The van der Waals surface area contributed by atoms with Gasteiger partial charge in [0, 0.05) is 39.1 Å². The predicted octanol–water partition coefficient (Wildman–Crippen LogP) is 3.31. The molecule has 0 unspecified atom stereocenters. The van der Waals surface area contributed by atoms with Gasteiger partial charge in [-0.15, -0.1) is 24.0 Å². The fourth-order valence-corrected chi connectivity index (χ4v) is 2.57. The summed E-state index contributed by atoms with van der Waals surface area (Å²) in [4.78, 5) is 11.0. The Kier molecular flexibility index (Phi) is 8.88. The number of hydrogen-bond acceptors (Lipinski definition) is 3. The van der Waals surface area contributed by atoms with Crippen LogP contribution in [-0.4, -0.2) is 46.3 Å². The quantitative estimate of drug-likeness (QED) is 0.412. The van der Waals surface area contributed by atoms with E-state index in [1.807, 2.05) is 43.9 Å². The van der Waals surface area contributed by atoms with E-state index in [4.69, 9.17) is 0 Å². The van der Waals surface area contributed by atoms with Gasteiger partial charge < -0.3 is 10.2 Å². The molecule has 0 amide bonds. The molecule has 2 aromatic rings. The average Bonchev–Trinajstić information content (AvgIpc) is 2.92. The third-order valence-corrected chi connectivity index (χ3v) is 3.91. The smallest absolute Gasteiger partial charge is 0.193 e. The number of unbranched alkanes of at least 4 members (excludes halogenated alkanes) is 1.